The van der Waals surface area contributed by atoms with Gasteiger partial charge in [0, 0.05) is 11.3 Å². The highest BCUT2D eigenvalue weighted by Gasteiger charge is 2.35. The van der Waals surface area contributed by atoms with Crippen LogP contribution < -0.4 is 10.2 Å². The number of benzene rings is 3. The van der Waals surface area contributed by atoms with E-state index in [1.807, 2.05) is 49.4 Å². The minimum absolute atomic E-state index is 0.134. The number of rotatable bonds is 5. The van der Waals surface area contributed by atoms with Gasteiger partial charge in [-0.1, -0.05) is 37.3 Å². The van der Waals surface area contributed by atoms with Gasteiger partial charge in [0.05, 0.1) is 11.4 Å². The van der Waals surface area contributed by atoms with E-state index in [0.29, 0.717) is 11.3 Å². The van der Waals surface area contributed by atoms with Gasteiger partial charge in [0.25, 0.3) is 5.91 Å². The van der Waals surface area contributed by atoms with E-state index in [2.05, 4.69) is 12.2 Å². The zero-order valence-electron chi connectivity index (χ0n) is 17.4. The van der Waals surface area contributed by atoms with E-state index in [4.69, 9.17) is 0 Å². The second-order valence-corrected chi connectivity index (χ2v) is 8.58. The van der Waals surface area contributed by atoms with E-state index >= 15 is 0 Å². The van der Waals surface area contributed by atoms with E-state index in [1.54, 1.807) is 18.2 Å². The molecular weight excluding hydrogens is 411 g/mol. The summed E-state index contributed by atoms with van der Waals surface area (Å²) in [5.41, 5.74) is 4.38. The monoisotopic (exact) mass is 434 g/mol. The first-order chi connectivity index (χ1) is 15.0. The predicted molar refractivity (Wildman–Crippen MR) is 124 cm³/mol. The van der Waals surface area contributed by atoms with Crippen LogP contribution in [0.1, 0.15) is 39.3 Å². The van der Waals surface area contributed by atoms with Crippen molar-refractivity contribution in [3.05, 3.63) is 94.8 Å². The molecule has 6 heteroatoms. The normalized spacial score (nSPS) is 15.9. The zero-order chi connectivity index (χ0) is 22.0. The summed E-state index contributed by atoms with van der Waals surface area (Å²) in [5, 5.41) is 2.56. The Hall–Kier alpha value is -3.12. The Bertz CT molecular complexity index is 1130. The number of aryl methyl sites for hydroxylation is 2. The number of anilines is 2. The van der Waals surface area contributed by atoms with Crippen LogP contribution in [-0.2, 0) is 11.2 Å². The number of nitrogens with zero attached hydrogens (tertiary/aromatic N) is 1. The van der Waals surface area contributed by atoms with Crippen molar-refractivity contribution in [2.24, 2.45) is 0 Å². The molecule has 0 spiro atoms. The maximum atomic E-state index is 14.5. The Morgan fingerprint density at radius 3 is 2.65 bits per heavy atom. The van der Waals surface area contributed by atoms with Crippen LogP contribution in [-0.4, -0.2) is 17.6 Å². The lowest BCUT2D eigenvalue weighted by Gasteiger charge is -2.25. The standard InChI is InChI=1S/C25H23FN2O2S/c1-3-17-8-10-18(11-9-17)24(30)27-20-6-4-5-19(14-20)25-28(23(29)15-31-25)22-13-16(2)7-12-21(22)26/h4-14,25H,3,15H2,1-2H3,(H,27,30)/t25-/m0/s1. The lowest BCUT2D eigenvalue weighted by molar-refractivity contribution is -0.115. The van der Waals surface area contributed by atoms with Crippen molar-refractivity contribution in [3.8, 4) is 0 Å². The number of halogens is 1. The molecule has 3 aromatic carbocycles. The molecule has 1 saturated heterocycles. The van der Waals surface area contributed by atoms with E-state index in [1.165, 1.54) is 28.3 Å². The number of thioether (sulfide) groups is 1. The van der Waals surface area contributed by atoms with E-state index in [-0.39, 0.29) is 28.6 Å². The van der Waals surface area contributed by atoms with Crippen LogP contribution in [0.3, 0.4) is 0 Å². The van der Waals surface area contributed by atoms with Crippen LogP contribution >= 0.6 is 11.8 Å². The van der Waals surface area contributed by atoms with E-state index in [9.17, 15) is 14.0 Å². The lowest BCUT2D eigenvalue weighted by atomic mass is 10.1. The third-order valence-electron chi connectivity index (χ3n) is 5.28. The number of carbonyl (C=O) groups is 2. The molecule has 0 saturated carbocycles. The predicted octanol–water partition coefficient (Wildman–Crippen LogP) is 5.73. The highest BCUT2D eigenvalue weighted by Crippen LogP contribution is 2.43. The summed E-state index contributed by atoms with van der Waals surface area (Å²) >= 11 is 1.45. The Morgan fingerprint density at radius 1 is 1.13 bits per heavy atom. The second-order valence-electron chi connectivity index (χ2n) is 7.51. The van der Waals surface area contributed by atoms with Gasteiger partial charge in [-0.2, -0.15) is 0 Å². The number of hydrogen-bond donors (Lipinski definition) is 1. The SMILES string of the molecule is CCc1ccc(C(=O)Nc2cccc([C@@H]3SCC(=O)N3c3cc(C)ccc3F)c2)cc1. The lowest BCUT2D eigenvalue weighted by Crippen LogP contribution is -2.28. The molecule has 1 N–H and O–H groups in total. The molecule has 1 fully saturated rings. The van der Waals surface area contributed by atoms with Crippen molar-refractivity contribution >= 4 is 35.0 Å². The van der Waals surface area contributed by atoms with Gasteiger partial charge in [0.2, 0.25) is 5.91 Å². The van der Waals surface area contributed by atoms with Crippen molar-refractivity contribution in [2.45, 2.75) is 25.6 Å². The smallest absolute Gasteiger partial charge is 0.255 e. The molecule has 0 radical (unpaired) electrons. The highest BCUT2D eigenvalue weighted by atomic mass is 32.2. The van der Waals surface area contributed by atoms with Crippen LogP contribution in [0, 0.1) is 12.7 Å². The van der Waals surface area contributed by atoms with Crippen molar-refractivity contribution < 1.29 is 14.0 Å². The molecule has 1 aliphatic heterocycles. The van der Waals surface area contributed by atoms with Crippen LogP contribution in [0.15, 0.2) is 66.7 Å². The van der Waals surface area contributed by atoms with Crippen molar-refractivity contribution in [3.63, 3.8) is 0 Å². The van der Waals surface area contributed by atoms with Gasteiger partial charge in [-0.25, -0.2) is 4.39 Å². The van der Waals surface area contributed by atoms with Crippen molar-refractivity contribution in [2.75, 3.05) is 16.0 Å². The fourth-order valence-corrected chi connectivity index (χ4v) is 4.76. The van der Waals surface area contributed by atoms with Crippen molar-refractivity contribution in [1.29, 1.82) is 0 Å². The minimum Gasteiger partial charge on any atom is -0.322 e. The Labute approximate surface area is 185 Å². The highest BCUT2D eigenvalue weighted by molar-refractivity contribution is 8.00. The molecule has 158 valence electrons. The summed E-state index contributed by atoms with van der Waals surface area (Å²) in [6.07, 6.45) is 0.916. The number of carbonyl (C=O) groups excluding carboxylic acids is 2. The number of nitrogens with one attached hydrogen (secondary N) is 1. The average molecular weight is 435 g/mol. The average Bonchev–Trinajstić information content (AvgIpc) is 3.17. The second kappa shape index (κ2) is 8.94. The number of hydrogen-bond acceptors (Lipinski definition) is 3. The summed E-state index contributed by atoms with van der Waals surface area (Å²) in [6.45, 7) is 3.94. The molecule has 1 atom stereocenters. The first-order valence-electron chi connectivity index (χ1n) is 10.2. The molecule has 4 nitrogen and oxygen atoms in total. The Kier molecular flexibility index (Phi) is 6.09. The number of amides is 2. The minimum atomic E-state index is -0.425. The van der Waals surface area contributed by atoms with Gasteiger partial charge < -0.3 is 5.32 Å². The molecule has 0 bridgehead atoms. The largest absolute Gasteiger partial charge is 0.322 e. The Morgan fingerprint density at radius 2 is 1.90 bits per heavy atom. The zero-order valence-corrected chi connectivity index (χ0v) is 18.2. The molecule has 1 heterocycles. The summed E-state index contributed by atoms with van der Waals surface area (Å²) in [6, 6.07) is 19.7. The third kappa shape index (κ3) is 4.49. The van der Waals surface area contributed by atoms with Gasteiger partial charge >= 0.3 is 0 Å². The molecule has 3 aromatic rings. The maximum Gasteiger partial charge on any atom is 0.255 e. The summed E-state index contributed by atoms with van der Waals surface area (Å²) in [5.74, 6) is -0.480. The summed E-state index contributed by atoms with van der Waals surface area (Å²) in [4.78, 5) is 26.7. The molecule has 4 rings (SSSR count). The molecule has 0 aliphatic carbocycles. The maximum absolute atomic E-state index is 14.5. The molecule has 0 unspecified atom stereocenters. The van der Waals surface area contributed by atoms with Crippen LogP contribution in [0.5, 0.6) is 0 Å². The van der Waals surface area contributed by atoms with Crippen molar-refractivity contribution in [1.82, 2.24) is 0 Å². The van der Waals surface area contributed by atoms with Gasteiger partial charge in [0.1, 0.15) is 11.2 Å². The van der Waals surface area contributed by atoms with Crippen LogP contribution in [0.4, 0.5) is 15.8 Å². The summed E-state index contributed by atoms with van der Waals surface area (Å²) < 4.78 is 14.5. The van der Waals surface area contributed by atoms with E-state index in [0.717, 1.165) is 17.5 Å². The fraction of sp³-hybridized carbons (Fsp3) is 0.200. The van der Waals surface area contributed by atoms with Crippen LogP contribution in [0.2, 0.25) is 0 Å². The topological polar surface area (TPSA) is 49.4 Å². The van der Waals surface area contributed by atoms with Gasteiger partial charge in [-0.3, -0.25) is 14.5 Å². The molecule has 31 heavy (non-hydrogen) atoms. The molecule has 0 aromatic heterocycles. The van der Waals surface area contributed by atoms with Gasteiger partial charge in [0.15, 0.2) is 0 Å². The van der Waals surface area contributed by atoms with E-state index < -0.39 is 5.82 Å². The first kappa shape index (κ1) is 21.1. The molecule has 1 aliphatic rings. The fourth-order valence-electron chi connectivity index (χ4n) is 3.60. The van der Waals surface area contributed by atoms with Crippen LogP contribution in [0.25, 0.3) is 0 Å². The molecule has 2 amide bonds. The first-order valence-corrected chi connectivity index (χ1v) is 11.2. The van der Waals surface area contributed by atoms with Gasteiger partial charge in [-0.05, 0) is 66.4 Å². The summed E-state index contributed by atoms with van der Waals surface area (Å²) in [7, 11) is 0. The Balaban J connectivity index is 1.58. The third-order valence-corrected chi connectivity index (χ3v) is 6.50. The molecular formula is C25H23FN2O2S. The van der Waals surface area contributed by atoms with Gasteiger partial charge in [-0.15, -0.1) is 11.8 Å². The quantitative estimate of drug-likeness (QED) is 0.558.